The van der Waals surface area contributed by atoms with Crippen LogP contribution in [0.1, 0.15) is 11.1 Å². The lowest BCUT2D eigenvalue weighted by atomic mass is 9.93. The summed E-state index contributed by atoms with van der Waals surface area (Å²) in [7, 11) is 0. The van der Waals surface area contributed by atoms with Crippen molar-refractivity contribution in [1.82, 2.24) is 0 Å². The van der Waals surface area contributed by atoms with Gasteiger partial charge < -0.3 is 4.74 Å². The van der Waals surface area contributed by atoms with Gasteiger partial charge in [-0.3, -0.25) is 0 Å². The molecule has 1 aliphatic rings. The van der Waals surface area contributed by atoms with E-state index >= 15 is 0 Å². The molecule has 0 radical (unpaired) electrons. The second-order valence-electron chi connectivity index (χ2n) is 4.31. The molecule has 16 heavy (non-hydrogen) atoms. The van der Waals surface area contributed by atoms with Crippen molar-refractivity contribution in [3.8, 4) is 0 Å². The van der Waals surface area contributed by atoms with Gasteiger partial charge in [0.2, 0.25) is 0 Å². The highest BCUT2D eigenvalue weighted by Crippen LogP contribution is 2.41. The topological polar surface area (TPSA) is 12.5 Å². The van der Waals surface area contributed by atoms with Crippen LogP contribution in [-0.4, -0.2) is 6.61 Å². The van der Waals surface area contributed by atoms with Crippen molar-refractivity contribution in [3.63, 3.8) is 0 Å². The van der Waals surface area contributed by atoms with E-state index in [-0.39, 0.29) is 5.60 Å². The van der Waals surface area contributed by atoms with Crippen molar-refractivity contribution in [2.24, 2.45) is 0 Å². The first-order valence-electron chi connectivity index (χ1n) is 5.62. The van der Waals surface area contributed by atoms with Gasteiger partial charge in [-0.15, -0.1) is 0 Å². The Morgan fingerprint density at radius 1 is 0.875 bits per heavy atom. The number of benzene rings is 2. The monoisotopic (exact) mass is 210 g/mol. The first-order valence-corrected chi connectivity index (χ1v) is 5.62. The maximum absolute atomic E-state index is 5.69. The molecule has 1 nitrogen and oxygen atoms in total. The fourth-order valence-electron chi connectivity index (χ4n) is 2.13. The molecular formula is C15H14O. The zero-order valence-electron chi connectivity index (χ0n) is 9.10. The maximum Gasteiger partial charge on any atom is 0.121 e. The predicted molar refractivity (Wildman–Crippen MR) is 64.2 cm³/mol. The molecule has 1 saturated heterocycles. The summed E-state index contributed by atoms with van der Waals surface area (Å²) in [5, 5.41) is 0. The van der Waals surface area contributed by atoms with E-state index in [2.05, 4.69) is 48.5 Å². The van der Waals surface area contributed by atoms with E-state index in [4.69, 9.17) is 4.74 Å². The number of rotatable bonds is 3. The molecule has 0 unspecified atom stereocenters. The third kappa shape index (κ3) is 1.74. The maximum atomic E-state index is 5.69. The van der Waals surface area contributed by atoms with Crippen LogP contribution < -0.4 is 0 Å². The summed E-state index contributed by atoms with van der Waals surface area (Å²) >= 11 is 0. The van der Waals surface area contributed by atoms with Gasteiger partial charge in [0, 0.05) is 6.42 Å². The zero-order valence-corrected chi connectivity index (χ0v) is 9.10. The summed E-state index contributed by atoms with van der Waals surface area (Å²) in [6.45, 7) is 0.839. The Balaban J connectivity index is 1.86. The summed E-state index contributed by atoms with van der Waals surface area (Å²) in [5.41, 5.74) is 2.57. The molecule has 1 heterocycles. The van der Waals surface area contributed by atoms with E-state index in [9.17, 15) is 0 Å². The normalized spacial score (nSPS) is 23.0. The summed E-state index contributed by atoms with van der Waals surface area (Å²) in [4.78, 5) is 0. The molecular weight excluding hydrogens is 196 g/mol. The standard InChI is InChI=1S/C15H14O/c1-3-7-13(8-4-1)11-15(12-16-15)14-9-5-2-6-10-14/h1-10H,11-12H2/t15-/m0/s1. The van der Waals surface area contributed by atoms with Crippen LogP contribution in [0, 0.1) is 0 Å². The summed E-state index contributed by atoms with van der Waals surface area (Å²) in [5.74, 6) is 0. The van der Waals surface area contributed by atoms with Crippen molar-refractivity contribution in [2.45, 2.75) is 12.0 Å². The molecule has 1 fully saturated rings. The largest absolute Gasteiger partial charge is 0.364 e. The third-order valence-electron chi connectivity index (χ3n) is 3.13. The minimum absolute atomic E-state index is 0.0530. The smallest absolute Gasteiger partial charge is 0.121 e. The molecule has 0 bridgehead atoms. The Morgan fingerprint density at radius 2 is 1.44 bits per heavy atom. The minimum Gasteiger partial charge on any atom is -0.364 e. The Bertz CT molecular complexity index is 457. The van der Waals surface area contributed by atoms with Crippen molar-refractivity contribution < 1.29 is 4.74 Å². The van der Waals surface area contributed by atoms with Gasteiger partial charge in [0.1, 0.15) is 5.60 Å². The van der Waals surface area contributed by atoms with Gasteiger partial charge in [-0.2, -0.15) is 0 Å². The molecule has 1 aliphatic heterocycles. The Morgan fingerprint density at radius 3 is 2.00 bits per heavy atom. The molecule has 80 valence electrons. The summed E-state index contributed by atoms with van der Waals surface area (Å²) in [6.07, 6.45) is 0.970. The summed E-state index contributed by atoms with van der Waals surface area (Å²) < 4.78 is 5.69. The highest BCUT2D eigenvalue weighted by atomic mass is 16.6. The summed E-state index contributed by atoms with van der Waals surface area (Å²) in [6, 6.07) is 21.0. The Labute approximate surface area is 95.7 Å². The lowest BCUT2D eigenvalue weighted by molar-refractivity contribution is 0.306. The lowest BCUT2D eigenvalue weighted by Gasteiger charge is -2.12. The molecule has 0 spiro atoms. The number of ether oxygens (including phenoxy) is 1. The molecule has 1 atom stereocenters. The SMILES string of the molecule is c1ccc(C[C@@]2(c3ccccc3)CO2)cc1. The van der Waals surface area contributed by atoms with Crippen molar-refractivity contribution >= 4 is 0 Å². The number of epoxide rings is 1. The molecule has 1 heteroatoms. The third-order valence-corrected chi connectivity index (χ3v) is 3.13. The van der Waals surface area contributed by atoms with Gasteiger partial charge in [-0.05, 0) is 11.1 Å². The Kier molecular flexibility index (Phi) is 2.26. The van der Waals surface area contributed by atoms with Crippen LogP contribution in [0.4, 0.5) is 0 Å². The van der Waals surface area contributed by atoms with E-state index in [1.165, 1.54) is 11.1 Å². The van der Waals surface area contributed by atoms with Crippen LogP contribution in [0.25, 0.3) is 0 Å². The van der Waals surface area contributed by atoms with E-state index in [1.807, 2.05) is 12.1 Å². The molecule has 0 N–H and O–H groups in total. The molecule has 3 rings (SSSR count). The van der Waals surface area contributed by atoms with Gasteiger partial charge in [0.15, 0.2) is 0 Å². The van der Waals surface area contributed by atoms with Crippen molar-refractivity contribution in [3.05, 3.63) is 71.8 Å². The molecule has 0 amide bonds. The average Bonchev–Trinajstić information content (AvgIpc) is 3.13. The average molecular weight is 210 g/mol. The quantitative estimate of drug-likeness (QED) is 0.709. The van der Waals surface area contributed by atoms with E-state index in [0.717, 1.165) is 13.0 Å². The predicted octanol–water partition coefficient (Wildman–Crippen LogP) is 3.15. The zero-order chi connectivity index (χ0) is 10.8. The van der Waals surface area contributed by atoms with Gasteiger partial charge in [0.25, 0.3) is 0 Å². The van der Waals surface area contributed by atoms with E-state index < -0.39 is 0 Å². The van der Waals surface area contributed by atoms with Crippen LogP contribution in [0.5, 0.6) is 0 Å². The molecule has 0 saturated carbocycles. The molecule has 2 aromatic rings. The number of hydrogen-bond donors (Lipinski definition) is 0. The molecule has 0 aromatic heterocycles. The number of hydrogen-bond acceptors (Lipinski definition) is 1. The van der Waals surface area contributed by atoms with Gasteiger partial charge >= 0.3 is 0 Å². The van der Waals surface area contributed by atoms with Crippen molar-refractivity contribution in [2.75, 3.05) is 6.61 Å². The molecule has 2 aromatic carbocycles. The lowest BCUT2D eigenvalue weighted by Crippen LogP contribution is -2.12. The van der Waals surface area contributed by atoms with Crippen LogP contribution in [-0.2, 0) is 16.8 Å². The van der Waals surface area contributed by atoms with E-state index in [0.29, 0.717) is 0 Å². The van der Waals surface area contributed by atoms with Crippen LogP contribution in [0.3, 0.4) is 0 Å². The van der Waals surface area contributed by atoms with Crippen LogP contribution in [0.15, 0.2) is 60.7 Å². The van der Waals surface area contributed by atoms with Gasteiger partial charge in [-0.1, -0.05) is 60.7 Å². The van der Waals surface area contributed by atoms with Gasteiger partial charge in [-0.25, -0.2) is 0 Å². The second kappa shape index (κ2) is 3.76. The Hall–Kier alpha value is -1.60. The molecule has 0 aliphatic carbocycles. The second-order valence-corrected chi connectivity index (χ2v) is 4.31. The highest BCUT2D eigenvalue weighted by molar-refractivity contribution is 5.30. The van der Waals surface area contributed by atoms with E-state index in [1.54, 1.807) is 0 Å². The minimum atomic E-state index is -0.0530. The fraction of sp³-hybridized carbons (Fsp3) is 0.200. The highest BCUT2D eigenvalue weighted by Gasteiger charge is 2.46. The first-order chi connectivity index (χ1) is 7.89. The van der Waals surface area contributed by atoms with Crippen LogP contribution in [0.2, 0.25) is 0 Å². The first kappa shape index (κ1) is 9.61. The van der Waals surface area contributed by atoms with Crippen molar-refractivity contribution in [1.29, 1.82) is 0 Å². The fourth-order valence-corrected chi connectivity index (χ4v) is 2.13. The van der Waals surface area contributed by atoms with Gasteiger partial charge in [0.05, 0.1) is 6.61 Å². The van der Waals surface area contributed by atoms with Crippen LogP contribution >= 0.6 is 0 Å².